The molecule has 3 aromatic carbocycles. The molecule has 208 valence electrons. The second kappa shape index (κ2) is 11.3. The van der Waals surface area contributed by atoms with E-state index in [1.165, 1.54) is 22.7 Å². The van der Waals surface area contributed by atoms with E-state index in [1.54, 1.807) is 60.7 Å². The molecule has 2 aliphatic rings. The lowest BCUT2D eigenvalue weighted by Gasteiger charge is -2.30. The highest BCUT2D eigenvalue weighted by Gasteiger charge is 2.56. The lowest BCUT2D eigenvalue weighted by molar-refractivity contribution is -0.122. The molecule has 3 unspecified atom stereocenters. The van der Waals surface area contributed by atoms with Gasteiger partial charge in [0.15, 0.2) is 6.61 Å². The molecule has 8 nitrogen and oxygen atoms in total. The molecule has 13 heteroatoms. The van der Waals surface area contributed by atoms with E-state index >= 15 is 0 Å². The van der Waals surface area contributed by atoms with Crippen LogP contribution in [0.25, 0.3) is 0 Å². The van der Waals surface area contributed by atoms with E-state index in [1.807, 2.05) is 0 Å². The Labute approximate surface area is 260 Å². The van der Waals surface area contributed by atoms with Crippen molar-refractivity contribution in [3.05, 3.63) is 101 Å². The van der Waals surface area contributed by atoms with Crippen LogP contribution in [0.3, 0.4) is 0 Å². The van der Waals surface area contributed by atoms with Crippen molar-refractivity contribution in [2.24, 2.45) is 5.92 Å². The molecule has 1 saturated heterocycles. The zero-order valence-electron chi connectivity index (χ0n) is 20.7. The number of nitrogens with zero attached hydrogens (tertiary/aromatic N) is 1. The van der Waals surface area contributed by atoms with Crippen LogP contribution in [0.1, 0.15) is 16.4 Å². The van der Waals surface area contributed by atoms with Crippen LogP contribution in [-0.2, 0) is 14.4 Å². The van der Waals surface area contributed by atoms with Crippen molar-refractivity contribution in [2.75, 3.05) is 16.8 Å². The number of para-hydroxylation sites is 1. The van der Waals surface area contributed by atoms with E-state index in [9.17, 15) is 19.2 Å². The molecule has 3 atom stereocenters. The van der Waals surface area contributed by atoms with Gasteiger partial charge in [-0.3, -0.25) is 19.2 Å². The van der Waals surface area contributed by atoms with E-state index in [2.05, 4.69) is 26.2 Å². The number of H-pyrrole nitrogens is 1. The number of carbonyl (C=O) groups is 3. The number of thioether (sulfide) groups is 1. The van der Waals surface area contributed by atoms with Crippen molar-refractivity contribution in [1.29, 1.82) is 0 Å². The quantitative estimate of drug-likeness (QED) is 0.229. The number of benzene rings is 3. The maximum atomic E-state index is 13.9. The van der Waals surface area contributed by atoms with Gasteiger partial charge in [-0.05, 0) is 48.5 Å². The Morgan fingerprint density at radius 1 is 1.00 bits per heavy atom. The van der Waals surface area contributed by atoms with Gasteiger partial charge in [-0.25, -0.2) is 4.90 Å². The van der Waals surface area contributed by atoms with Crippen molar-refractivity contribution in [3.8, 4) is 5.75 Å². The highest BCUT2D eigenvalue weighted by molar-refractivity contribution is 9.10. The van der Waals surface area contributed by atoms with Gasteiger partial charge in [0.1, 0.15) is 11.0 Å². The van der Waals surface area contributed by atoms with Gasteiger partial charge in [0.2, 0.25) is 11.8 Å². The van der Waals surface area contributed by atoms with Gasteiger partial charge < -0.3 is 15.0 Å². The van der Waals surface area contributed by atoms with Crippen LogP contribution in [0.4, 0.5) is 11.4 Å². The van der Waals surface area contributed by atoms with Crippen molar-refractivity contribution >= 4 is 91.3 Å². The Hall–Kier alpha value is -3.09. The molecule has 2 aliphatic heterocycles. The molecule has 2 N–H and O–H groups in total. The summed E-state index contributed by atoms with van der Waals surface area (Å²) in [6.45, 7) is -0.332. The first-order chi connectivity index (χ1) is 19.7. The number of carbonyl (C=O) groups excluding carboxylic acids is 3. The Balaban J connectivity index is 1.32. The van der Waals surface area contributed by atoms with Gasteiger partial charge in [0.25, 0.3) is 5.91 Å². The number of aromatic amines is 1. The summed E-state index contributed by atoms with van der Waals surface area (Å²) in [5.41, 5.74) is 1.52. The average Bonchev–Trinajstić information content (AvgIpc) is 3.44. The minimum absolute atomic E-state index is 0.281. The minimum atomic E-state index is -0.787. The van der Waals surface area contributed by atoms with Gasteiger partial charge in [0.05, 0.1) is 26.7 Å². The van der Waals surface area contributed by atoms with E-state index in [0.29, 0.717) is 42.6 Å². The molecule has 1 aromatic heterocycles. The summed E-state index contributed by atoms with van der Waals surface area (Å²) >= 11 is 17.6. The second-order valence-electron chi connectivity index (χ2n) is 9.24. The first-order valence-electron chi connectivity index (χ1n) is 12.2. The molecule has 0 radical (unpaired) electrons. The van der Waals surface area contributed by atoms with E-state index in [0.717, 1.165) is 15.8 Å². The number of amides is 3. The number of anilines is 2. The van der Waals surface area contributed by atoms with Gasteiger partial charge in [-0.15, -0.1) is 0 Å². The molecule has 0 spiro atoms. The number of aromatic nitrogens is 1. The molecule has 41 heavy (non-hydrogen) atoms. The standard InChI is InChI=1S/C28H18BrCl2N3O5S2/c29-13-5-8-15(9-6-13)34-26(36)22-21(23-25(33-28(38)41-23)40-24(22)27(34)37)16-3-1-2-4-19(16)39-12-20(35)32-14-7-10-17(30)18(31)11-14/h1-11,21-22,24H,12H2,(H,32,35)(H,33,38). The van der Waals surface area contributed by atoms with E-state index in [4.69, 9.17) is 27.9 Å². The lowest BCUT2D eigenvalue weighted by Crippen LogP contribution is -2.32. The number of hydrogen-bond acceptors (Lipinski definition) is 7. The van der Waals surface area contributed by atoms with Crippen LogP contribution in [-0.4, -0.2) is 34.6 Å². The maximum Gasteiger partial charge on any atom is 0.305 e. The van der Waals surface area contributed by atoms with Gasteiger partial charge >= 0.3 is 4.87 Å². The number of thiazole rings is 1. The van der Waals surface area contributed by atoms with Crippen LogP contribution in [0, 0.1) is 5.92 Å². The molecule has 6 rings (SSSR count). The summed E-state index contributed by atoms with van der Waals surface area (Å²) in [5, 5.41) is 3.18. The summed E-state index contributed by atoms with van der Waals surface area (Å²) in [5.74, 6) is -2.22. The van der Waals surface area contributed by atoms with Crippen LogP contribution in [0.15, 0.2) is 81.0 Å². The molecule has 3 heterocycles. The normalized spacial score (nSPS) is 19.6. The highest BCUT2D eigenvalue weighted by Crippen LogP contribution is 2.54. The number of fused-ring (bicyclic) bond motifs is 2. The van der Waals surface area contributed by atoms with Crippen molar-refractivity contribution in [1.82, 2.24) is 4.98 Å². The first kappa shape index (κ1) is 28.0. The number of nitrogens with one attached hydrogen (secondary N) is 2. The topological polar surface area (TPSA) is 109 Å². The third-order valence-corrected chi connectivity index (χ3v) is 10.4. The first-order valence-corrected chi connectivity index (χ1v) is 15.5. The summed E-state index contributed by atoms with van der Waals surface area (Å²) in [4.78, 5) is 57.1. The predicted molar refractivity (Wildman–Crippen MR) is 164 cm³/mol. The zero-order valence-corrected chi connectivity index (χ0v) is 25.5. The summed E-state index contributed by atoms with van der Waals surface area (Å²) in [7, 11) is 0. The predicted octanol–water partition coefficient (Wildman–Crippen LogP) is 6.32. The summed E-state index contributed by atoms with van der Waals surface area (Å²) in [6, 6.07) is 18.7. The number of rotatable bonds is 6. The van der Waals surface area contributed by atoms with Crippen molar-refractivity contribution in [3.63, 3.8) is 0 Å². The molecular formula is C28H18BrCl2N3O5S2. The van der Waals surface area contributed by atoms with Crippen LogP contribution < -0.4 is 19.8 Å². The number of halogens is 3. The fourth-order valence-electron chi connectivity index (χ4n) is 4.98. The van der Waals surface area contributed by atoms with Gasteiger partial charge in [0, 0.05) is 26.5 Å². The molecule has 0 bridgehead atoms. The smallest absolute Gasteiger partial charge is 0.305 e. The fourth-order valence-corrected chi connectivity index (χ4v) is 8.05. The maximum absolute atomic E-state index is 13.9. The Kier molecular flexibility index (Phi) is 7.73. The van der Waals surface area contributed by atoms with Crippen LogP contribution in [0.5, 0.6) is 5.75 Å². The van der Waals surface area contributed by atoms with Crippen LogP contribution in [0.2, 0.25) is 10.0 Å². The Morgan fingerprint density at radius 3 is 2.51 bits per heavy atom. The zero-order chi connectivity index (χ0) is 28.8. The van der Waals surface area contributed by atoms with E-state index in [-0.39, 0.29) is 23.3 Å². The minimum Gasteiger partial charge on any atom is -0.483 e. The highest BCUT2D eigenvalue weighted by atomic mass is 79.9. The Morgan fingerprint density at radius 2 is 1.76 bits per heavy atom. The van der Waals surface area contributed by atoms with Crippen molar-refractivity contribution in [2.45, 2.75) is 16.2 Å². The van der Waals surface area contributed by atoms with E-state index < -0.39 is 23.0 Å². The fraction of sp³-hybridized carbons (Fsp3) is 0.143. The number of imide groups is 1. The third-order valence-electron chi connectivity index (χ3n) is 6.72. The number of ether oxygens (including phenoxy) is 1. The van der Waals surface area contributed by atoms with Gasteiger partial charge in [-0.2, -0.15) is 0 Å². The SMILES string of the molecule is O=C(COc1ccccc1C1c2sc(=O)[nH]c2SC2C(=O)N(c3ccc(Br)cc3)C(=O)C21)Nc1ccc(Cl)c(Cl)c1. The molecule has 3 amide bonds. The van der Waals surface area contributed by atoms with Crippen molar-refractivity contribution < 1.29 is 19.1 Å². The molecule has 0 aliphatic carbocycles. The molecule has 4 aromatic rings. The van der Waals surface area contributed by atoms with Gasteiger partial charge in [-0.1, -0.05) is 80.4 Å². The van der Waals surface area contributed by atoms with Crippen LogP contribution >= 0.6 is 62.2 Å². The average molecular weight is 691 g/mol. The largest absolute Gasteiger partial charge is 0.483 e. The number of hydrogen-bond donors (Lipinski definition) is 2. The second-order valence-corrected chi connectivity index (χ2v) is 13.1. The molecular weight excluding hydrogens is 673 g/mol. The third kappa shape index (κ3) is 5.32. The summed E-state index contributed by atoms with van der Waals surface area (Å²) in [6.07, 6.45) is 0. The summed E-state index contributed by atoms with van der Waals surface area (Å²) < 4.78 is 6.78. The molecule has 1 fully saturated rings. The Bertz CT molecular complexity index is 1760. The monoisotopic (exact) mass is 689 g/mol. The lowest BCUT2D eigenvalue weighted by atomic mass is 9.82. The molecule has 0 saturated carbocycles.